The number of aryl methyl sites for hydroxylation is 1. The quantitative estimate of drug-likeness (QED) is 0.489. The molecular weight excluding hydrogens is 283 g/mol. The molecule has 1 rings (SSSR count). The maximum atomic E-state index is 14.0. The van der Waals surface area contributed by atoms with E-state index in [1.54, 1.807) is 0 Å². The minimum atomic E-state index is -1.28. The van der Waals surface area contributed by atoms with Crippen LogP contribution in [0.4, 0.5) is 10.1 Å². The molecule has 0 saturated carbocycles. The predicted molar refractivity (Wildman–Crippen MR) is 71.5 cm³/mol. The fraction of sp³-hybridized carbons (Fsp3) is 0.231. The van der Waals surface area contributed by atoms with E-state index in [4.69, 9.17) is 5.11 Å². The summed E-state index contributed by atoms with van der Waals surface area (Å²) < 4.78 is 14.0. The Hall–Kier alpha value is -2.77. The lowest BCUT2D eigenvalue weighted by molar-refractivity contribution is -0.385. The molecule has 0 unspecified atom stereocenters. The number of nitrogens with zero attached hydrogens (tertiary/aromatic N) is 2. The number of carboxylic acids is 1. The van der Waals surface area contributed by atoms with Crippen molar-refractivity contribution < 1.29 is 24.0 Å². The molecule has 1 N–H and O–H groups in total. The third-order valence-electron chi connectivity index (χ3n) is 2.64. The third-order valence-corrected chi connectivity index (χ3v) is 2.64. The van der Waals surface area contributed by atoms with Crippen LogP contribution in [-0.4, -0.2) is 39.9 Å². The van der Waals surface area contributed by atoms with E-state index in [-0.39, 0.29) is 12.1 Å². The molecule has 0 aliphatic heterocycles. The van der Waals surface area contributed by atoms with Crippen LogP contribution in [0.1, 0.15) is 15.9 Å². The Kier molecular flexibility index (Phi) is 5.12. The van der Waals surface area contributed by atoms with Gasteiger partial charge < -0.3 is 10.0 Å². The third kappa shape index (κ3) is 3.85. The van der Waals surface area contributed by atoms with Crippen LogP contribution in [0.5, 0.6) is 0 Å². The molecule has 0 fully saturated rings. The smallest absolute Gasteiger partial charge is 0.323 e. The first kappa shape index (κ1) is 16.3. The zero-order valence-corrected chi connectivity index (χ0v) is 11.2. The second-order valence-electron chi connectivity index (χ2n) is 4.25. The van der Waals surface area contributed by atoms with Crippen molar-refractivity contribution >= 4 is 17.6 Å². The number of non-ortho nitro benzene ring substituents is 1. The largest absolute Gasteiger partial charge is 0.480 e. The molecule has 0 aliphatic carbocycles. The highest BCUT2D eigenvalue weighted by molar-refractivity contribution is 5.97. The van der Waals surface area contributed by atoms with Crippen LogP contribution in [0.15, 0.2) is 24.8 Å². The van der Waals surface area contributed by atoms with Crippen LogP contribution < -0.4 is 0 Å². The van der Waals surface area contributed by atoms with E-state index in [2.05, 4.69) is 6.58 Å². The van der Waals surface area contributed by atoms with Gasteiger partial charge in [0.25, 0.3) is 11.6 Å². The molecule has 0 radical (unpaired) electrons. The van der Waals surface area contributed by atoms with Crippen molar-refractivity contribution in [3.63, 3.8) is 0 Å². The van der Waals surface area contributed by atoms with Crippen LogP contribution >= 0.6 is 0 Å². The summed E-state index contributed by atoms with van der Waals surface area (Å²) in [6, 6.07) is 1.80. The fourth-order valence-electron chi connectivity index (χ4n) is 1.72. The van der Waals surface area contributed by atoms with Gasteiger partial charge in [-0.05, 0) is 12.5 Å². The summed E-state index contributed by atoms with van der Waals surface area (Å²) in [5.74, 6) is -3.14. The van der Waals surface area contributed by atoms with Gasteiger partial charge in [-0.1, -0.05) is 6.08 Å². The minimum Gasteiger partial charge on any atom is -0.480 e. The first-order valence-corrected chi connectivity index (χ1v) is 5.84. The average molecular weight is 296 g/mol. The van der Waals surface area contributed by atoms with Crippen LogP contribution in [0.3, 0.4) is 0 Å². The standard InChI is InChI=1S/C13H13FN2O5/c1-3-4-15(7-11(17)18)13(19)10-6-9(16(20)21)5-8(2)12(10)14/h3,5-6H,1,4,7H2,2H3,(H,17,18). The molecule has 8 heteroatoms. The van der Waals surface area contributed by atoms with Gasteiger partial charge in [-0.3, -0.25) is 19.7 Å². The van der Waals surface area contributed by atoms with E-state index in [9.17, 15) is 24.1 Å². The normalized spacial score (nSPS) is 10.0. The van der Waals surface area contributed by atoms with Gasteiger partial charge in [-0.15, -0.1) is 6.58 Å². The molecule has 1 aromatic carbocycles. The van der Waals surface area contributed by atoms with Gasteiger partial charge in [0.15, 0.2) is 0 Å². The predicted octanol–water partition coefficient (Wildman–Crippen LogP) is 1.76. The summed E-state index contributed by atoms with van der Waals surface area (Å²) in [5, 5.41) is 19.5. The Labute approximate surface area is 119 Å². The monoisotopic (exact) mass is 296 g/mol. The van der Waals surface area contributed by atoms with E-state index in [1.807, 2.05) is 0 Å². The lowest BCUT2D eigenvalue weighted by atomic mass is 10.1. The first-order chi connectivity index (χ1) is 9.77. The number of carbonyl (C=O) groups is 2. The van der Waals surface area contributed by atoms with E-state index < -0.39 is 40.4 Å². The summed E-state index contributed by atoms with van der Waals surface area (Å²) in [6.45, 7) is 3.89. The number of nitro groups is 1. The Morgan fingerprint density at radius 3 is 2.62 bits per heavy atom. The molecule has 21 heavy (non-hydrogen) atoms. The minimum absolute atomic E-state index is 0.0681. The summed E-state index contributed by atoms with van der Waals surface area (Å²) in [4.78, 5) is 33.7. The van der Waals surface area contributed by atoms with E-state index in [1.165, 1.54) is 13.0 Å². The van der Waals surface area contributed by atoms with Crippen molar-refractivity contribution in [2.45, 2.75) is 6.92 Å². The van der Waals surface area contributed by atoms with Gasteiger partial charge >= 0.3 is 5.97 Å². The number of hydrogen-bond donors (Lipinski definition) is 1. The highest BCUT2D eigenvalue weighted by Gasteiger charge is 2.24. The van der Waals surface area contributed by atoms with Crippen LogP contribution in [0, 0.1) is 22.9 Å². The Morgan fingerprint density at radius 2 is 2.14 bits per heavy atom. The summed E-state index contributed by atoms with van der Waals surface area (Å²) in [6.07, 6.45) is 1.28. The molecule has 0 saturated heterocycles. The lowest BCUT2D eigenvalue weighted by Gasteiger charge is -2.19. The number of hydrogen-bond acceptors (Lipinski definition) is 4. The molecule has 1 aromatic rings. The molecule has 7 nitrogen and oxygen atoms in total. The van der Waals surface area contributed by atoms with Crippen molar-refractivity contribution in [1.29, 1.82) is 0 Å². The number of aliphatic carboxylic acids is 1. The Bertz CT molecular complexity index is 615. The maximum absolute atomic E-state index is 14.0. The number of benzene rings is 1. The highest BCUT2D eigenvalue weighted by atomic mass is 19.1. The topological polar surface area (TPSA) is 101 Å². The zero-order chi connectivity index (χ0) is 16.2. The number of rotatable bonds is 6. The van der Waals surface area contributed by atoms with Gasteiger partial charge in [0.2, 0.25) is 0 Å². The second kappa shape index (κ2) is 6.60. The molecule has 0 spiro atoms. The molecule has 0 atom stereocenters. The Balaban J connectivity index is 3.29. The molecule has 0 bridgehead atoms. The van der Waals surface area contributed by atoms with Crippen molar-refractivity contribution in [2.75, 3.05) is 13.1 Å². The van der Waals surface area contributed by atoms with Gasteiger partial charge in [0.05, 0.1) is 10.5 Å². The highest BCUT2D eigenvalue weighted by Crippen LogP contribution is 2.22. The van der Waals surface area contributed by atoms with Gasteiger partial charge in [0, 0.05) is 18.7 Å². The van der Waals surface area contributed by atoms with Crippen molar-refractivity contribution in [1.82, 2.24) is 4.90 Å². The molecule has 1 amide bonds. The average Bonchev–Trinajstić information content (AvgIpc) is 2.39. The van der Waals surface area contributed by atoms with Gasteiger partial charge in [-0.2, -0.15) is 0 Å². The summed E-state index contributed by atoms with van der Waals surface area (Å²) in [7, 11) is 0. The summed E-state index contributed by atoms with van der Waals surface area (Å²) >= 11 is 0. The zero-order valence-electron chi connectivity index (χ0n) is 11.2. The summed E-state index contributed by atoms with van der Waals surface area (Å²) in [5.41, 5.74) is -1.04. The van der Waals surface area contributed by atoms with Gasteiger partial charge in [-0.25, -0.2) is 4.39 Å². The van der Waals surface area contributed by atoms with Crippen LogP contribution in [0.2, 0.25) is 0 Å². The van der Waals surface area contributed by atoms with Crippen molar-refractivity contribution in [3.8, 4) is 0 Å². The lowest BCUT2D eigenvalue weighted by Crippen LogP contribution is -2.36. The number of carbonyl (C=O) groups excluding carboxylic acids is 1. The maximum Gasteiger partial charge on any atom is 0.323 e. The molecule has 0 heterocycles. The molecule has 0 aromatic heterocycles. The van der Waals surface area contributed by atoms with Crippen molar-refractivity contribution in [2.24, 2.45) is 0 Å². The number of amides is 1. The van der Waals surface area contributed by atoms with Crippen molar-refractivity contribution in [3.05, 3.63) is 51.8 Å². The Morgan fingerprint density at radius 1 is 1.52 bits per heavy atom. The molecule has 0 aliphatic rings. The SMILES string of the molecule is C=CCN(CC(=O)O)C(=O)c1cc([N+](=O)[O-])cc(C)c1F. The molecular formula is C13H13FN2O5. The molecule has 112 valence electrons. The number of nitro benzene ring substituents is 1. The van der Waals surface area contributed by atoms with Crippen LogP contribution in [0.25, 0.3) is 0 Å². The fourth-order valence-corrected chi connectivity index (χ4v) is 1.72. The first-order valence-electron chi connectivity index (χ1n) is 5.84. The van der Waals surface area contributed by atoms with E-state index in [0.717, 1.165) is 17.0 Å². The number of carboxylic acid groups (broad SMARTS) is 1. The van der Waals surface area contributed by atoms with E-state index >= 15 is 0 Å². The number of halogens is 1. The van der Waals surface area contributed by atoms with E-state index in [0.29, 0.717) is 0 Å². The van der Waals surface area contributed by atoms with Crippen LogP contribution in [-0.2, 0) is 4.79 Å². The van der Waals surface area contributed by atoms with Gasteiger partial charge in [0.1, 0.15) is 12.4 Å². The second-order valence-corrected chi connectivity index (χ2v) is 4.25.